The Kier molecular flexibility index (Phi) is 6.08. The Bertz CT molecular complexity index is 860. The van der Waals surface area contributed by atoms with Crippen LogP contribution in [-0.2, 0) is 11.2 Å². The van der Waals surface area contributed by atoms with Gasteiger partial charge in [0.25, 0.3) is 0 Å². The van der Waals surface area contributed by atoms with Gasteiger partial charge in [-0.15, -0.1) is 0 Å². The Balaban J connectivity index is 1.35. The Morgan fingerprint density at radius 3 is 2.62 bits per heavy atom. The summed E-state index contributed by atoms with van der Waals surface area (Å²) in [5.74, 6) is 2.83. The van der Waals surface area contributed by atoms with Gasteiger partial charge in [0.15, 0.2) is 23.0 Å². The number of nitrogens with one attached hydrogen (secondary N) is 1. The number of ether oxygens (including phenoxy) is 4. The summed E-state index contributed by atoms with van der Waals surface area (Å²) in [4.78, 5) is 12.4. The van der Waals surface area contributed by atoms with Gasteiger partial charge in [-0.2, -0.15) is 0 Å². The first-order valence-corrected chi connectivity index (χ1v) is 10.2. The quantitative estimate of drug-likeness (QED) is 0.752. The summed E-state index contributed by atoms with van der Waals surface area (Å²) in [6, 6.07) is 11.3. The molecular formula is C23H27NO5. The second kappa shape index (κ2) is 9.07. The van der Waals surface area contributed by atoms with Gasteiger partial charge < -0.3 is 24.3 Å². The number of hydrogen-bond donors (Lipinski definition) is 1. The van der Waals surface area contributed by atoms with E-state index in [1.807, 2.05) is 30.3 Å². The van der Waals surface area contributed by atoms with Gasteiger partial charge in [0.2, 0.25) is 5.91 Å². The van der Waals surface area contributed by atoms with Crippen LogP contribution in [-0.4, -0.2) is 32.3 Å². The van der Waals surface area contributed by atoms with E-state index in [1.165, 1.54) is 12.8 Å². The molecule has 154 valence electrons. The van der Waals surface area contributed by atoms with Gasteiger partial charge in [-0.25, -0.2) is 0 Å². The molecule has 1 saturated carbocycles. The number of fused-ring (bicyclic) bond motifs is 1. The maximum Gasteiger partial charge on any atom is 0.224 e. The van der Waals surface area contributed by atoms with Gasteiger partial charge in [-0.1, -0.05) is 6.07 Å². The van der Waals surface area contributed by atoms with E-state index in [4.69, 9.17) is 18.9 Å². The highest BCUT2D eigenvalue weighted by Gasteiger charge is 2.19. The molecule has 4 rings (SSSR count). The first-order valence-electron chi connectivity index (χ1n) is 10.2. The van der Waals surface area contributed by atoms with Crippen molar-refractivity contribution in [2.45, 2.75) is 44.6 Å². The molecule has 2 aromatic rings. The van der Waals surface area contributed by atoms with Crippen LogP contribution in [0.1, 0.15) is 37.7 Å². The molecule has 2 aromatic carbocycles. The normalized spacial score (nSPS) is 15.8. The number of amides is 1. The summed E-state index contributed by atoms with van der Waals surface area (Å²) in [6.45, 7) is 1.07. The average molecular weight is 397 g/mol. The number of carbonyl (C=O) groups excluding carboxylic acids is 1. The van der Waals surface area contributed by atoms with Crippen molar-refractivity contribution < 1.29 is 23.7 Å². The SMILES string of the molecule is COc1ccc(CCC(=O)Nc2ccc3c(c2)OCCO3)cc1OC1CCCC1. The van der Waals surface area contributed by atoms with E-state index in [0.29, 0.717) is 43.2 Å². The number of benzene rings is 2. The van der Waals surface area contributed by atoms with Gasteiger partial charge in [0.05, 0.1) is 13.2 Å². The molecule has 0 unspecified atom stereocenters. The number of carbonyl (C=O) groups is 1. The largest absolute Gasteiger partial charge is 0.493 e. The van der Waals surface area contributed by atoms with Crippen molar-refractivity contribution in [2.24, 2.45) is 0 Å². The van der Waals surface area contributed by atoms with E-state index in [-0.39, 0.29) is 12.0 Å². The van der Waals surface area contributed by atoms with Crippen molar-refractivity contribution >= 4 is 11.6 Å². The summed E-state index contributed by atoms with van der Waals surface area (Å²) >= 11 is 0. The fourth-order valence-corrected chi connectivity index (χ4v) is 3.76. The second-order valence-electron chi connectivity index (χ2n) is 7.42. The van der Waals surface area contributed by atoms with Crippen molar-refractivity contribution in [1.29, 1.82) is 0 Å². The van der Waals surface area contributed by atoms with Gasteiger partial charge >= 0.3 is 0 Å². The smallest absolute Gasteiger partial charge is 0.224 e. The molecule has 1 fully saturated rings. The zero-order valence-electron chi connectivity index (χ0n) is 16.7. The third-order valence-corrected chi connectivity index (χ3v) is 5.29. The highest BCUT2D eigenvalue weighted by molar-refractivity contribution is 5.91. The third-order valence-electron chi connectivity index (χ3n) is 5.29. The van der Waals surface area contributed by atoms with Gasteiger partial charge in [0, 0.05) is 18.2 Å². The second-order valence-corrected chi connectivity index (χ2v) is 7.42. The minimum absolute atomic E-state index is 0.0456. The molecule has 1 heterocycles. The van der Waals surface area contributed by atoms with E-state index in [0.717, 1.165) is 29.9 Å². The topological polar surface area (TPSA) is 66.0 Å². The highest BCUT2D eigenvalue weighted by atomic mass is 16.6. The van der Waals surface area contributed by atoms with Crippen LogP contribution >= 0.6 is 0 Å². The first kappa shape index (κ1) is 19.4. The summed E-state index contributed by atoms with van der Waals surface area (Å²) < 4.78 is 22.6. The van der Waals surface area contributed by atoms with E-state index in [1.54, 1.807) is 13.2 Å². The zero-order chi connectivity index (χ0) is 20.1. The van der Waals surface area contributed by atoms with Crippen LogP contribution in [0.5, 0.6) is 23.0 Å². The van der Waals surface area contributed by atoms with Crippen molar-refractivity contribution in [1.82, 2.24) is 0 Å². The number of aryl methyl sites for hydroxylation is 1. The minimum atomic E-state index is -0.0456. The van der Waals surface area contributed by atoms with E-state index in [2.05, 4.69) is 5.32 Å². The van der Waals surface area contributed by atoms with Gasteiger partial charge in [-0.05, 0) is 61.9 Å². The van der Waals surface area contributed by atoms with E-state index < -0.39 is 0 Å². The number of hydrogen-bond acceptors (Lipinski definition) is 5. The number of anilines is 1. The molecule has 29 heavy (non-hydrogen) atoms. The average Bonchev–Trinajstić information content (AvgIpc) is 3.25. The lowest BCUT2D eigenvalue weighted by molar-refractivity contribution is -0.116. The molecule has 1 N–H and O–H groups in total. The Hall–Kier alpha value is -2.89. The number of rotatable bonds is 7. The minimum Gasteiger partial charge on any atom is -0.493 e. The monoisotopic (exact) mass is 397 g/mol. The molecule has 0 radical (unpaired) electrons. The van der Waals surface area contributed by atoms with Crippen LogP contribution in [0.25, 0.3) is 0 Å². The predicted molar refractivity (Wildman–Crippen MR) is 110 cm³/mol. The predicted octanol–water partition coefficient (Wildman–Crippen LogP) is 4.36. The van der Waals surface area contributed by atoms with Crippen molar-refractivity contribution in [2.75, 3.05) is 25.6 Å². The lowest BCUT2D eigenvalue weighted by Gasteiger charge is -2.19. The lowest BCUT2D eigenvalue weighted by Crippen LogP contribution is -2.16. The molecule has 0 saturated heterocycles. The van der Waals surface area contributed by atoms with Crippen LogP contribution in [0, 0.1) is 0 Å². The Morgan fingerprint density at radius 2 is 1.83 bits per heavy atom. The van der Waals surface area contributed by atoms with Crippen molar-refractivity contribution in [3.8, 4) is 23.0 Å². The van der Waals surface area contributed by atoms with Crippen LogP contribution in [0.3, 0.4) is 0 Å². The van der Waals surface area contributed by atoms with Crippen LogP contribution in [0.4, 0.5) is 5.69 Å². The maximum atomic E-state index is 12.4. The van der Waals surface area contributed by atoms with Crippen LogP contribution in [0.15, 0.2) is 36.4 Å². The molecule has 1 amide bonds. The fraction of sp³-hybridized carbons (Fsp3) is 0.435. The Labute approximate surface area is 171 Å². The van der Waals surface area contributed by atoms with Gasteiger partial charge in [-0.3, -0.25) is 4.79 Å². The molecule has 6 heteroatoms. The first-order chi connectivity index (χ1) is 14.2. The third kappa shape index (κ3) is 4.94. The maximum absolute atomic E-state index is 12.4. The van der Waals surface area contributed by atoms with E-state index >= 15 is 0 Å². The number of methoxy groups -OCH3 is 1. The van der Waals surface area contributed by atoms with Crippen molar-refractivity contribution in [3.63, 3.8) is 0 Å². The molecule has 2 aliphatic rings. The summed E-state index contributed by atoms with van der Waals surface area (Å²) in [5.41, 5.74) is 1.76. The molecule has 1 aliphatic carbocycles. The summed E-state index contributed by atoms with van der Waals surface area (Å²) in [5, 5.41) is 2.93. The molecule has 0 aromatic heterocycles. The molecule has 0 atom stereocenters. The summed E-state index contributed by atoms with van der Waals surface area (Å²) in [7, 11) is 1.65. The fourth-order valence-electron chi connectivity index (χ4n) is 3.76. The van der Waals surface area contributed by atoms with E-state index in [9.17, 15) is 4.79 Å². The van der Waals surface area contributed by atoms with Crippen LogP contribution in [0.2, 0.25) is 0 Å². The highest BCUT2D eigenvalue weighted by Crippen LogP contribution is 2.34. The standard InChI is InChI=1S/C23H27NO5/c1-26-19-9-6-16(14-22(19)29-18-4-2-3-5-18)7-11-23(25)24-17-8-10-20-21(15-17)28-13-12-27-20/h6,8-10,14-15,18H,2-5,7,11-13H2,1H3,(H,24,25). The molecule has 1 aliphatic heterocycles. The molecule has 6 nitrogen and oxygen atoms in total. The zero-order valence-corrected chi connectivity index (χ0v) is 16.7. The molecule has 0 spiro atoms. The lowest BCUT2D eigenvalue weighted by atomic mass is 10.1. The van der Waals surface area contributed by atoms with Crippen molar-refractivity contribution in [3.05, 3.63) is 42.0 Å². The van der Waals surface area contributed by atoms with Gasteiger partial charge in [0.1, 0.15) is 13.2 Å². The van der Waals surface area contributed by atoms with Crippen LogP contribution < -0.4 is 24.3 Å². The Morgan fingerprint density at radius 1 is 1.03 bits per heavy atom. The molecular weight excluding hydrogens is 370 g/mol. The molecule has 0 bridgehead atoms. The summed E-state index contributed by atoms with van der Waals surface area (Å²) in [6.07, 6.45) is 5.87.